The lowest BCUT2D eigenvalue weighted by atomic mass is 10.1. The highest BCUT2D eigenvalue weighted by atomic mass is 16.5. The van der Waals surface area contributed by atoms with E-state index in [-0.39, 0.29) is 11.4 Å². The fourth-order valence-corrected chi connectivity index (χ4v) is 1.97. The molecule has 0 aliphatic heterocycles. The topological polar surface area (TPSA) is 26.3 Å². The van der Waals surface area contributed by atoms with Crippen LogP contribution in [0, 0.1) is 0 Å². The van der Waals surface area contributed by atoms with Gasteiger partial charge in [0.15, 0.2) is 5.78 Å². The average Bonchev–Trinajstić information content (AvgIpc) is 2.60. The van der Waals surface area contributed by atoms with Crippen molar-refractivity contribution in [3.63, 3.8) is 0 Å². The molecule has 0 N–H and O–H groups in total. The van der Waals surface area contributed by atoms with Crippen LogP contribution in [0.2, 0.25) is 0 Å². The lowest BCUT2D eigenvalue weighted by Crippen LogP contribution is -2.27. The van der Waals surface area contributed by atoms with Crippen LogP contribution in [-0.4, -0.2) is 18.0 Å². The Bertz CT molecular complexity index is 181. The molecule has 1 aliphatic rings. The maximum atomic E-state index is 11.4. The molecule has 14 heavy (non-hydrogen) atoms. The number of rotatable bonds is 6. The van der Waals surface area contributed by atoms with Crippen molar-refractivity contribution in [1.29, 1.82) is 0 Å². The van der Waals surface area contributed by atoms with Crippen molar-refractivity contribution in [2.45, 2.75) is 64.4 Å². The van der Waals surface area contributed by atoms with Gasteiger partial charge >= 0.3 is 0 Å². The zero-order chi connectivity index (χ0) is 10.4. The van der Waals surface area contributed by atoms with Crippen molar-refractivity contribution in [3.8, 4) is 0 Å². The van der Waals surface area contributed by atoms with E-state index in [0.29, 0.717) is 13.0 Å². The Labute approximate surface area is 87.0 Å². The lowest BCUT2D eigenvalue weighted by molar-refractivity contribution is -0.130. The first kappa shape index (κ1) is 11.7. The fourth-order valence-electron chi connectivity index (χ4n) is 1.97. The van der Waals surface area contributed by atoms with Gasteiger partial charge in [0.1, 0.15) is 6.61 Å². The van der Waals surface area contributed by atoms with E-state index >= 15 is 0 Å². The van der Waals surface area contributed by atoms with E-state index in [2.05, 4.69) is 13.8 Å². The van der Waals surface area contributed by atoms with Gasteiger partial charge in [-0.05, 0) is 26.2 Å². The number of hydrogen-bond acceptors (Lipinski definition) is 2. The summed E-state index contributed by atoms with van der Waals surface area (Å²) in [7, 11) is 0. The first-order valence-corrected chi connectivity index (χ1v) is 5.82. The fraction of sp³-hybridized carbons (Fsp3) is 0.917. The minimum Gasteiger partial charge on any atom is -0.368 e. The summed E-state index contributed by atoms with van der Waals surface area (Å²) >= 11 is 0. The molecule has 0 aromatic carbocycles. The summed E-state index contributed by atoms with van der Waals surface area (Å²) in [4.78, 5) is 11.4. The smallest absolute Gasteiger partial charge is 0.158 e. The highest BCUT2D eigenvalue weighted by Gasteiger charge is 2.29. The minimum atomic E-state index is 0.00186. The van der Waals surface area contributed by atoms with Crippen molar-refractivity contribution in [2.75, 3.05) is 6.61 Å². The molecule has 0 spiro atoms. The van der Waals surface area contributed by atoms with Gasteiger partial charge in [0, 0.05) is 6.42 Å². The lowest BCUT2D eigenvalue weighted by Gasteiger charge is -2.23. The zero-order valence-electron chi connectivity index (χ0n) is 9.47. The van der Waals surface area contributed by atoms with E-state index in [0.717, 1.165) is 25.7 Å². The molecule has 0 amide bonds. The third-order valence-electron chi connectivity index (χ3n) is 3.05. The summed E-state index contributed by atoms with van der Waals surface area (Å²) in [6.07, 6.45) is 7.51. The van der Waals surface area contributed by atoms with Crippen LogP contribution in [0.1, 0.15) is 58.8 Å². The second-order valence-electron chi connectivity index (χ2n) is 4.59. The van der Waals surface area contributed by atoms with Crippen molar-refractivity contribution in [3.05, 3.63) is 0 Å². The molecule has 0 unspecified atom stereocenters. The number of ketones is 1. The molecule has 0 heterocycles. The van der Waals surface area contributed by atoms with Crippen LogP contribution in [0.4, 0.5) is 0 Å². The monoisotopic (exact) mass is 198 g/mol. The van der Waals surface area contributed by atoms with Crippen LogP contribution in [0.25, 0.3) is 0 Å². The van der Waals surface area contributed by atoms with E-state index in [9.17, 15) is 4.79 Å². The number of unbranched alkanes of at least 4 members (excludes halogenated alkanes) is 1. The van der Waals surface area contributed by atoms with E-state index in [1.807, 2.05) is 0 Å². The Kier molecular flexibility index (Phi) is 4.59. The molecule has 2 heteroatoms. The molecule has 0 atom stereocenters. The minimum absolute atomic E-state index is 0.00186. The number of hydrogen-bond donors (Lipinski definition) is 0. The molecular weight excluding hydrogens is 176 g/mol. The zero-order valence-corrected chi connectivity index (χ0v) is 9.47. The molecule has 1 saturated carbocycles. The Morgan fingerprint density at radius 3 is 2.57 bits per heavy atom. The van der Waals surface area contributed by atoms with Crippen LogP contribution in [0.3, 0.4) is 0 Å². The number of carbonyl (C=O) groups excluding carboxylic acids is 1. The van der Waals surface area contributed by atoms with Crippen LogP contribution >= 0.6 is 0 Å². The first-order chi connectivity index (χ1) is 6.66. The molecule has 82 valence electrons. The summed E-state index contributed by atoms with van der Waals surface area (Å²) in [5, 5.41) is 0. The summed E-state index contributed by atoms with van der Waals surface area (Å²) in [5.74, 6) is 0.264. The molecule has 0 radical (unpaired) electrons. The quantitative estimate of drug-likeness (QED) is 0.655. The number of carbonyl (C=O) groups is 1. The molecule has 1 rings (SSSR count). The second-order valence-corrected chi connectivity index (χ2v) is 4.59. The van der Waals surface area contributed by atoms with Gasteiger partial charge in [-0.2, -0.15) is 0 Å². The van der Waals surface area contributed by atoms with Crippen molar-refractivity contribution in [2.24, 2.45) is 0 Å². The van der Waals surface area contributed by atoms with Crippen LogP contribution in [0.5, 0.6) is 0 Å². The van der Waals surface area contributed by atoms with Crippen LogP contribution in [-0.2, 0) is 9.53 Å². The number of ether oxygens (including phenoxy) is 1. The molecule has 0 aromatic heterocycles. The Morgan fingerprint density at radius 1 is 1.36 bits per heavy atom. The summed E-state index contributed by atoms with van der Waals surface area (Å²) in [6.45, 7) is 4.57. The predicted octanol–water partition coefficient (Wildman–Crippen LogP) is 3.10. The van der Waals surface area contributed by atoms with Crippen molar-refractivity contribution >= 4 is 5.78 Å². The standard InChI is InChI=1S/C12H22O2/c1-3-4-7-11(13)10-14-12(2)8-5-6-9-12/h3-10H2,1-2H3. The maximum absolute atomic E-state index is 11.4. The van der Waals surface area contributed by atoms with E-state index in [4.69, 9.17) is 4.74 Å². The molecule has 0 saturated heterocycles. The van der Waals surface area contributed by atoms with Gasteiger partial charge in [0.25, 0.3) is 0 Å². The second kappa shape index (κ2) is 5.50. The van der Waals surface area contributed by atoms with Crippen LogP contribution in [0.15, 0.2) is 0 Å². The third-order valence-corrected chi connectivity index (χ3v) is 3.05. The largest absolute Gasteiger partial charge is 0.368 e. The summed E-state index contributed by atoms with van der Waals surface area (Å²) in [5.41, 5.74) is 0.00186. The molecule has 2 nitrogen and oxygen atoms in total. The third kappa shape index (κ3) is 3.79. The van der Waals surface area contributed by atoms with E-state index in [1.54, 1.807) is 0 Å². The van der Waals surface area contributed by atoms with Gasteiger partial charge in [0.2, 0.25) is 0 Å². The van der Waals surface area contributed by atoms with Gasteiger partial charge < -0.3 is 4.74 Å². The summed E-state index contributed by atoms with van der Waals surface area (Å²) < 4.78 is 5.70. The number of Topliss-reactive ketones (excluding diaryl/α,β-unsaturated/α-hetero) is 1. The summed E-state index contributed by atoms with van der Waals surface area (Å²) in [6, 6.07) is 0. The van der Waals surface area contributed by atoms with Gasteiger partial charge in [-0.1, -0.05) is 26.2 Å². The van der Waals surface area contributed by atoms with Crippen LogP contribution < -0.4 is 0 Å². The van der Waals surface area contributed by atoms with Gasteiger partial charge in [-0.25, -0.2) is 0 Å². The molecule has 1 aliphatic carbocycles. The molecule has 0 aromatic rings. The highest BCUT2D eigenvalue weighted by molar-refractivity contribution is 5.79. The predicted molar refractivity (Wildman–Crippen MR) is 57.4 cm³/mol. The van der Waals surface area contributed by atoms with E-state index < -0.39 is 0 Å². The first-order valence-electron chi connectivity index (χ1n) is 5.82. The van der Waals surface area contributed by atoms with E-state index in [1.165, 1.54) is 12.8 Å². The van der Waals surface area contributed by atoms with Gasteiger partial charge in [-0.15, -0.1) is 0 Å². The Hall–Kier alpha value is -0.370. The molecular formula is C12H22O2. The van der Waals surface area contributed by atoms with Gasteiger partial charge in [-0.3, -0.25) is 4.79 Å². The average molecular weight is 198 g/mol. The molecule has 0 bridgehead atoms. The SMILES string of the molecule is CCCCC(=O)COC1(C)CCCC1. The highest BCUT2D eigenvalue weighted by Crippen LogP contribution is 2.32. The Balaban J connectivity index is 2.15. The molecule has 1 fully saturated rings. The van der Waals surface area contributed by atoms with Crippen molar-refractivity contribution in [1.82, 2.24) is 0 Å². The maximum Gasteiger partial charge on any atom is 0.158 e. The Morgan fingerprint density at radius 2 is 2.00 bits per heavy atom. The van der Waals surface area contributed by atoms with Gasteiger partial charge in [0.05, 0.1) is 5.60 Å². The normalized spacial score (nSPS) is 19.9. The van der Waals surface area contributed by atoms with Crippen molar-refractivity contribution < 1.29 is 9.53 Å².